The average Bonchev–Trinajstić information content (AvgIpc) is 2.84. The molecule has 2 rings (SSSR count). The van der Waals surface area contributed by atoms with Gasteiger partial charge in [-0.05, 0) is 13.0 Å². The summed E-state index contributed by atoms with van der Waals surface area (Å²) in [6.45, 7) is 4.06. The number of nitrogens with zero attached hydrogens (tertiary/aromatic N) is 2. The van der Waals surface area contributed by atoms with Crippen molar-refractivity contribution in [2.75, 3.05) is 19.8 Å². The summed E-state index contributed by atoms with van der Waals surface area (Å²) in [4.78, 5) is 20.2. The average molecular weight is 235 g/mol. The Hall–Kier alpha value is -1.33. The molecule has 0 bridgehead atoms. The van der Waals surface area contributed by atoms with Crippen LogP contribution in [-0.4, -0.2) is 41.6 Å². The zero-order chi connectivity index (χ0) is 12.1. The Bertz CT molecular complexity index is 369. The third kappa shape index (κ3) is 2.87. The van der Waals surface area contributed by atoms with Crippen molar-refractivity contribution in [1.82, 2.24) is 15.3 Å². The summed E-state index contributed by atoms with van der Waals surface area (Å²) in [5.41, 5.74) is 0.422. The topological polar surface area (TPSA) is 64.1 Å². The molecule has 1 aromatic heterocycles. The Morgan fingerprint density at radius 2 is 2.41 bits per heavy atom. The first-order valence-corrected chi connectivity index (χ1v) is 5.94. The minimum absolute atomic E-state index is 0.0178. The number of ether oxygens (including phenoxy) is 1. The van der Waals surface area contributed by atoms with Crippen LogP contribution >= 0.6 is 0 Å². The van der Waals surface area contributed by atoms with Gasteiger partial charge in [-0.2, -0.15) is 0 Å². The second kappa shape index (κ2) is 5.84. The number of rotatable bonds is 5. The minimum atomic E-state index is -0.141. The molecular weight excluding hydrogens is 218 g/mol. The van der Waals surface area contributed by atoms with Gasteiger partial charge in [-0.25, -0.2) is 4.98 Å². The van der Waals surface area contributed by atoms with Gasteiger partial charge in [0.15, 0.2) is 5.78 Å². The van der Waals surface area contributed by atoms with Gasteiger partial charge >= 0.3 is 0 Å². The molecule has 0 amide bonds. The number of hydrogen-bond acceptors (Lipinski definition) is 5. The number of hydrogen-bond donors (Lipinski definition) is 1. The fourth-order valence-electron chi connectivity index (χ4n) is 1.96. The maximum Gasteiger partial charge on any atom is 0.189 e. The SMILES string of the molecule is CCCNC1COCC1C(=O)c1cnccn1. The van der Waals surface area contributed by atoms with Gasteiger partial charge in [0.25, 0.3) is 0 Å². The number of aromatic nitrogens is 2. The van der Waals surface area contributed by atoms with Gasteiger partial charge in [0.2, 0.25) is 0 Å². The summed E-state index contributed by atoms with van der Waals surface area (Å²) in [6.07, 6.45) is 5.66. The van der Waals surface area contributed by atoms with Gasteiger partial charge in [0, 0.05) is 18.4 Å². The predicted molar refractivity (Wildman–Crippen MR) is 62.8 cm³/mol. The lowest BCUT2D eigenvalue weighted by Gasteiger charge is -2.17. The first-order valence-electron chi connectivity index (χ1n) is 5.94. The van der Waals surface area contributed by atoms with Crippen LogP contribution in [0.15, 0.2) is 18.6 Å². The number of nitrogens with one attached hydrogen (secondary N) is 1. The Kier molecular flexibility index (Phi) is 4.17. The fraction of sp³-hybridized carbons (Fsp3) is 0.583. The maximum absolute atomic E-state index is 12.2. The highest BCUT2D eigenvalue weighted by Crippen LogP contribution is 2.18. The van der Waals surface area contributed by atoms with Gasteiger partial charge in [0.1, 0.15) is 5.69 Å². The highest BCUT2D eigenvalue weighted by molar-refractivity contribution is 5.96. The monoisotopic (exact) mass is 235 g/mol. The molecule has 2 atom stereocenters. The van der Waals surface area contributed by atoms with Crippen LogP contribution in [-0.2, 0) is 4.74 Å². The van der Waals surface area contributed by atoms with Crippen molar-refractivity contribution >= 4 is 5.78 Å². The first-order chi connectivity index (χ1) is 8.33. The minimum Gasteiger partial charge on any atom is -0.379 e. The van der Waals surface area contributed by atoms with Crippen LogP contribution in [0.2, 0.25) is 0 Å². The summed E-state index contributed by atoms with van der Waals surface area (Å²) in [5.74, 6) is -0.123. The van der Waals surface area contributed by atoms with E-state index in [1.165, 1.54) is 12.4 Å². The molecule has 1 aliphatic rings. The number of ketones is 1. The van der Waals surface area contributed by atoms with Crippen LogP contribution < -0.4 is 5.32 Å². The van der Waals surface area contributed by atoms with Gasteiger partial charge < -0.3 is 10.1 Å². The molecule has 2 unspecified atom stereocenters. The van der Waals surface area contributed by atoms with E-state index < -0.39 is 0 Å². The molecule has 1 fully saturated rings. The summed E-state index contributed by atoms with van der Waals surface area (Å²) < 4.78 is 5.38. The summed E-state index contributed by atoms with van der Waals surface area (Å²) in [5, 5.41) is 3.34. The molecule has 0 saturated carbocycles. The molecule has 1 aromatic rings. The van der Waals surface area contributed by atoms with Crippen molar-refractivity contribution in [3.05, 3.63) is 24.3 Å². The maximum atomic E-state index is 12.2. The Labute approximate surface area is 101 Å². The molecule has 2 heterocycles. The summed E-state index contributed by atoms with van der Waals surface area (Å²) >= 11 is 0. The van der Waals surface area contributed by atoms with Crippen LogP contribution in [0.1, 0.15) is 23.8 Å². The van der Waals surface area contributed by atoms with Crippen molar-refractivity contribution in [1.29, 1.82) is 0 Å². The molecule has 0 aliphatic carbocycles. The van der Waals surface area contributed by atoms with E-state index >= 15 is 0 Å². The number of carbonyl (C=O) groups excluding carboxylic acids is 1. The van der Waals surface area contributed by atoms with E-state index in [1.807, 2.05) is 0 Å². The van der Waals surface area contributed by atoms with Crippen LogP contribution in [0, 0.1) is 5.92 Å². The second-order valence-corrected chi connectivity index (χ2v) is 4.16. The van der Waals surface area contributed by atoms with E-state index in [4.69, 9.17) is 4.74 Å². The standard InChI is InChI=1S/C12H17N3O2/c1-2-3-14-11-8-17-7-9(11)12(16)10-6-13-4-5-15-10/h4-6,9,11,14H,2-3,7-8H2,1H3. The predicted octanol–water partition coefficient (Wildman–Crippen LogP) is 0.674. The summed E-state index contributed by atoms with van der Waals surface area (Å²) in [6, 6.07) is 0.101. The smallest absolute Gasteiger partial charge is 0.189 e. The Morgan fingerprint density at radius 3 is 3.12 bits per heavy atom. The third-order valence-corrected chi connectivity index (χ3v) is 2.89. The van der Waals surface area contributed by atoms with Gasteiger partial charge in [-0.3, -0.25) is 9.78 Å². The molecule has 0 spiro atoms. The van der Waals surface area contributed by atoms with Crippen molar-refractivity contribution in [3.63, 3.8) is 0 Å². The molecule has 1 N–H and O–H groups in total. The highest BCUT2D eigenvalue weighted by atomic mass is 16.5. The summed E-state index contributed by atoms with van der Waals surface area (Å²) in [7, 11) is 0. The van der Waals surface area contributed by atoms with Crippen molar-refractivity contribution in [2.45, 2.75) is 19.4 Å². The van der Waals surface area contributed by atoms with Crippen molar-refractivity contribution in [3.8, 4) is 0 Å². The normalized spacial score (nSPS) is 23.8. The van der Waals surface area contributed by atoms with E-state index in [-0.39, 0.29) is 17.7 Å². The fourth-order valence-corrected chi connectivity index (χ4v) is 1.96. The molecule has 5 nitrogen and oxygen atoms in total. The third-order valence-electron chi connectivity index (χ3n) is 2.89. The first kappa shape index (κ1) is 12.1. The van der Waals surface area contributed by atoms with Crippen LogP contribution in [0.25, 0.3) is 0 Å². The van der Waals surface area contributed by atoms with E-state index in [2.05, 4.69) is 22.2 Å². The zero-order valence-electron chi connectivity index (χ0n) is 9.93. The van der Waals surface area contributed by atoms with Crippen LogP contribution in [0.5, 0.6) is 0 Å². The molecule has 1 aliphatic heterocycles. The lowest BCUT2D eigenvalue weighted by molar-refractivity contribution is 0.0886. The van der Waals surface area contributed by atoms with Crippen molar-refractivity contribution < 1.29 is 9.53 Å². The molecule has 17 heavy (non-hydrogen) atoms. The Morgan fingerprint density at radius 1 is 1.53 bits per heavy atom. The van der Waals surface area contributed by atoms with E-state index in [0.717, 1.165) is 13.0 Å². The van der Waals surface area contributed by atoms with Gasteiger partial charge in [0.05, 0.1) is 25.3 Å². The molecule has 1 saturated heterocycles. The van der Waals surface area contributed by atoms with Crippen LogP contribution in [0.4, 0.5) is 0 Å². The van der Waals surface area contributed by atoms with Crippen molar-refractivity contribution in [2.24, 2.45) is 5.92 Å². The van der Waals surface area contributed by atoms with E-state index in [1.54, 1.807) is 6.20 Å². The number of Topliss-reactive ketones (excluding diaryl/α,β-unsaturated/α-hetero) is 1. The Balaban J connectivity index is 2.03. The molecule has 0 radical (unpaired) electrons. The molecule has 0 aromatic carbocycles. The molecule has 5 heteroatoms. The molecule has 92 valence electrons. The van der Waals surface area contributed by atoms with Gasteiger partial charge in [-0.15, -0.1) is 0 Å². The lowest BCUT2D eigenvalue weighted by atomic mass is 9.96. The molecular formula is C12H17N3O2. The van der Waals surface area contributed by atoms with Crippen LogP contribution in [0.3, 0.4) is 0 Å². The zero-order valence-corrected chi connectivity index (χ0v) is 9.93. The second-order valence-electron chi connectivity index (χ2n) is 4.16. The van der Waals surface area contributed by atoms with Gasteiger partial charge in [-0.1, -0.05) is 6.92 Å². The lowest BCUT2D eigenvalue weighted by Crippen LogP contribution is -2.39. The number of carbonyl (C=O) groups is 1. The largest absolute Gasteiger partial charge is 0.379 e. The highest BCUT2D eigenvalue weighted by Gasteiger charge is 2.34. The quantitative estimate of drug-likeness (QED) is 0.760. The van der Waals surface area contributed by atoms with E-state index in [9.17, 15) is 4.79 Å². The van der Waals surface area contributed by atoms with E-state index in [0.29, 0.717) is 18.9 Å².